The Bertz CT molecular complexity index is 356. The first-order valence-electron chi connectivity index (χ1n) is 3.69. The number of rotatable bonds is 1. The van der Waals surface area contributed by atoms with E-state index >= 15 is 0 Å². The van der Waals surface area contributed by atoms with E-state index in [0.717, 1.165) is 0 Å². The van der Waals surface area contributed by atoms with E-state index in [4.69, 9.17) is 4.74 Å². The zero-order valence-electron chi connectivity index (χ0n) is 6.65. The maximum Gasteiger partial charge on any atom is 0.263 e. The molecular formula is C7H7N3O2S. The van der Waals surface area contributed by atoms with Gasteiger partial charge in [-0.1, -0.05) is 0 Å². The minimum Gasteiger partial charge on any atom is -0.465 e. The lowest BCUT2D eigenvalue weighted by Gasteiger charge is -2.15. The van der Waals surface area contributed by atoms with Gasteiger partial charge in [0, 0.05) is 5.75 Å². The molecule has 1 aromatic rings. The number of nitrogens with zero attached hydrogens (tertiary/aromatic N) is 2. The molecule has 0 radical (unpaired) electrons. The lowest BCUT2D eigenvalue weighted by molar-refractivity contribution is -0.118. The van der Waals surface area contributed by atoms with Gasteiger partial charge < -0.3 is 10.1 Å². The van der Waals surface area contributed by atoms with Crippen molar-refractivity contribution in [2.24, 2.45) is 0 Å². The Morgan fingerprint density at radius 1 is 1.69 bits per heavy atom. The Hall–Kier alpha value is -1.30. The van der Waals surface area contributed by atoms with Crippen molar-refractivity contribution in [3.63, 3.8) is 0 Å². The second kappa shape index (κ2) is 3.21. The van der Waals surface area contributed by atoms with E-state index < -0.39 is 0 Å². The van der Waals surface area contributed by atoms with Crippen molar-refractivity contribution >= 4 is 24.4 Å². The fourth-order valence-corrected chi connectivity index (χ4v) is 1.13. The minimum atomic E-state index is -0.210. The Labute approximate surface area is 79.9 Å². The SMILES string of the molecule is O=C1COc2ncc(CS)nc2N1. The standard InChI is InChI=1S/C7H7N3O2S/c11-5-2-12-7-6(10-5)9-4(3-13)1-8-7/h1,13H,2-3H2,(H,9,10,11). The normalized spacial score (nSPS) is 14.4. The molecule has 0 atom stereocenters. The number of fused-ring (bicyclic) bond motifs is 1. The summed E-state index contributed by atoms with van der Waals surface area (Å²) in [6.45, 7) is 0.00189. The molecule has 5 nitrogen and oxygen atoms in total. The number of nitrogens with one attached hydrogen (secondary N) is 1. The molecule has 2 heterocycles. The van der Waals surface area contributed by atoms with E-state index in [2.05, 4.69) is 27.9 Å². The molecule has 0 spiro atoms. The molecule has 1 amide bonds. The summed E-state index contributed by atoms with van der Waals surface area (Å²) < 4.78 is 5.02. The zero-order chi connectivity index (χ0) is 9.26. The largest absolute Gasteiger partial charge is 0.465 e. The zero-order valence-corrected chi connectivity index (χ0v) is 7.54. The highest BCUT2D eigenvalue weighted by molar-refractivity contribution is 7.79. The first-order valence-corrected chi connectivity index (χ1v) is 4.32. The van der Waals surface area contributed by atoms with Gasteiger partial charge in [0.2, 0.25) is 0 Å². The van der Waals surface area contributed by atoms with Crippen LogP contribution in [-0.4, -0.2) is 22.5 Å². The van der Waals surface area contributed by atoms with Gasteiger partial charge in [-0.2, -0.15) is 12.6 Å². The van der Waals surface area contributed by atoms with Crippen LogP contribution in [0.15, 0.2) is 6.20 Å². The van der Waals surface area contributed by atoms with Crippen molar-refractivity contribution in [2.75, 3.05) is 11.9 Å². The second-order valence-electron chi connectivity index (χ2n) is 2.51. The molecule has 0 bridgehead atoms. The van der Waals surface area contributed by atoms with Crippen LogP contribution >= 0.6 is 12.6 Å². The monoisotopic (exact) mass is 197 g/mol. The van der Waals surface area contributed by atoms with Gasteiger partial charge >= 0.3 is 0 Å². The maximum absolute atomic E-state index is 10.9. The van der Waals surface area contributed by atoms with E-state index in [9.17, 15) is 4.79 Å². The highest BCUT2D eigenvalue weighted by Gasteiger charge is 2.18. The van der Waals surface area contributed by atoms with Crippen LogP contribution in [0.25, 0.3) is 0 Å². The van der Waals surface area contributed by atoms with Gasteiger partial charge in [-0.25, -0.2) is 9.97 Å². The Balaban J connectivity index is 2.38. The highest BCUT2D eigenvalue weighted by Crippen LogP contribution is 2.22. The lowest BCUT2D eigenvalue weighted by Crippen LogP contribution is -2.27. The smallest absolute Gasteiger partial charge is 0.263 e. The second-order valence-corrected chi connectivity index (χ2v) is 2.83. The summed E-state index contributed by atoms with van der Waals surface area (Å²) in [6.07, 6.45) is 1.57. The van der Waals surface area contributed by atoms with Crippen LogP contribution in [0.1, 0.15) is 5.69 Å². The van der Waals surface area contributed by atoms with Gasteiger partial charge in [0.15, 0.2) is 12.4 Å². The van der Waals surface area contributed by atoms with Crippen LogP contribution in [0, 0.1) is 0 Å². The molecule has 13 heavy (non-hydrogen) atoms. The third kappa shape index (κ3) is 1.57. The quantitative estimate of drug-likeness (QED) is 0.633. The summed E-state index contributed by atoms with van der Waals surface area (Å²) in [5, 5.41) is 2.56. The first kappa shape index (κ1) is 8.31. The van der Waals surface area contributed by atoms with Gasteiger partial charge in [-0.15, -0.1) is 0 Å². The molecule has 0 aliphatic carbocycles. The van der Waals surface area contributed by atoms with E-state index in [1.165, 1.54) is 0 Å². The van der Waals surface area contributed by atoms with E-state index in [-0.39, 0.29) is 12.5 Å². The first-order chi connectivity index (χ1) is 6.29. The molecule has 0 fully saturated rings. The van der Waals surface area contributed by atoms with Crippen molar-refractivity contribution in [3.05, 3.63) is 11.9 Å². The van der Waals surface area contributed by atoms with E-state index in [0.29, 0.717) is 23.1 Å². The van der Waals surface area contributed by atoms with Crippen LogP contribution in [-0.2, 0) is 10.5 Å². The van der Waals surface area contributed by atoms with Crippen LogP contribution < -0.4 is 10.1 Å². The number of hydrogen-bond donors (Lipinski definition) is 2. The lowest BCUT2D eigenvalue weighted by atomic mass is 10.4. The molecule has 1 aromatic heterocycles. The van der Waals surface area contributed by atoms with E-state index in [1.807, 2.05) is 0 Å². The Morgan fingerprint density at radius 2 is 2.54 bits per heavy atom. The highest BCUT2D eigenvalue weighted by atomic mass is 32.1. The molecule has 1 aliphatic heterocycles. The molecule has 0 unspecified atom stereocenters. The molecule has 0 saturated carbocycles. The topological polar surface area (TPSA) is 64.1 Å². The van der Waals surface area contributed by atoms with Crippen LogP contribution in [0.5, 0.6) is 5.88 Å². The number of amides is 1. The van der Waals surface area contributed by atoms with Crippen molar-refractivity contribution < 1.29 is 9.53 Å². The molecule has 6 heteroatoms. The average Bonchev–Trinajstić information content (AvgIpc) is 2.16. The predicted octanol–water partition coefficient (Wildman–Crippen LogP) is 0.237. The van der Waals surface area contributed by atoms with Gasteiger partial charge in [0.05, 0.1) is 11.9 Å². The Morgan fingerprint density at radius 3 is 3.31 bits per heavy atom. The Kier molecular flexibility index (Phi) is 2.05. The molecule has 68 valence electrons. The number of carbonyl (C=O) groups excluding carboxylic acids is 1. The van der Waals surface area contributed by atoms with Crippen molar-refractivity contribution in [2.45, 2.75) is 5.75 Å². The third-order valence-corrected chi connectivity index (χ3v) is 1.87. The number of aromatic nitrogens is 2. The molecule has 0 aromatic carbocycles. The molecule has 1 N–H and O–H groups in total. The molecule has 2 rings (SSSR count). The minimum absolute atomic E-state index is 0.00189. The summed E-state index contributed by atoms with van der Waals surface area (Å²) >= 11 is 4.04. The summed E-state index contributed by atoms with van der Waals surface area (Å²) in [5.41, 5.74) is 0.702. The summed E-state index contributed by atoms with van der Waals surface area (Å²) in [7, 11) is 0. The fourth-order valence-electron chi connectivity index (χ4n) is 0.980. The van der Waals surface area contributed by atoms with Crippen LogP contribution in [0.2, 0.25) is 0 Å². The van der Waals surface area contributed by atoms with E-state index in [1.54, 1.807) is 6.20 Å². The predicted molar refractivity (Wildman–Crippen MR) is 48.8 cm³/mol. The fraction of sp³-hybridized carbons (Fsp3) is 0.286. The van der Waals surface area contributed by atoms with Crippen molar-refractivity contribution in [1.29, 1.82) is 0 Å². The van der Waals surface area contributed by atoms with Gasteiger partial charge in [0.25, 0.3) is 11.8 Å². The summed E-state index contributed by atoms with van der Waals surface area (Å²) in [5.74, 6) is 1.02. The number of ether oxygens (including phenoxy) is 1. The summed E-state index contributed by atoms with van der Waals surface area (Å²) in [4.78, 5) is 19.0. The summed E-state index contributed by atoms with van der Waals surface area (Å²) in [6, 6.07) is 0. The molecule has 1 aliphatic rings. The molecular weight excluding hydrogens is 190 g/mol. The van der Waals surface area contributed by atoms with Crippen molar-refractivity contribution in [1.82, 2.24) is 9.97 Å². The number of thiol groups is 1. The third-order valence-electron chi connectivity index (χ3n) is 1.55. The van der Waals surface area contributed by atoms with Gasteiger partial charge in [-0.05, 0) is 0 Å². The molecule has 0 saturated heterocycles. The van der Waals surface area contributed by atoms with Crippen molar-refractivity contribution in [3.8, 4) is 5.88 Å². The average molecular weight is 197 g/mol. The van der Waals surface area contributed by atoms with Gasteiger partial charge in [0.1, 0.15) is 0 Å². The maximum atomic E-state index is 10.9. The van der Waals surface area contributed by atoms with Crippen LogP contribution in [0.3, 0.4) is 0 Å². The van der Waals surface area contributed by atoms with Crippen LogP contribution in [0.4, 0.5) is 5.82 Å². The number of carbonyl (C=O) groups is 1. The van der Waals surface area contributed by atoms with Gasteiger partial charge in [-0.3, -0.25) is 4.79 Å². The number of anilines is 1. The number of hydrogen-bond acceptors (Lipinski definition) is 5.